The summed E-state index contributed by atoms with van der Waals surface area (Å²) in [6.45, 7) is 7.31. The van der Waals surface area contributed by atoms with E-state index in [-0.39, 0.29) is 79.9 Å². The fourth-order valence-corrected chi connectivity index (χ4v) is 7.20. The number of aliphatic carboxylic acids is 1. The zero-order chi connectivity index (χ0) is 30.9. The van der Waals surface area contributed by atoms with Crippen LogP contribution < -0.4 is 0 Å². The summed E-state index contributed by atoms with van der Waals surface area (Å²) in [4.78, 5) is 26.0. The molecule has 0 spiro atoms. The van der Waals surface area contributed by atoms with Gasteiger partial charge in [-0.1, -0.05) is 11.6 Å². The maximum atomic E-state index is 13.8. The molecule has 2 heterocycles. The summed E-state index contributed by atoms with van der Waals surface area (Å²) >= 11 is 0. The first kappa shape index (κ1) is 31.8. The molecule has 2 aliphatic rings. The van der Waals surface area contributed by atoms with Crippen LogP contribution in [0.2, 0.25) is 0 Å². The molecular weight excluding hydrogens is 574 g/mol. The molecule has 0 radical (unpaired) electrons. The third-order valence-corrected chi connectivity index (χ3v) is 9.42. The monoisotopic (exact) mass is 612 g/mol. The summed E-state index contributed by atoms with van der Waals surface area (Å²) in [5, 5.41) is 17.7. The quantitative estimate of drug-likeness (QED) is 0.412. The van der Waals surface area contributed by atoms with Gasteiger partial charge in [-0.2, -0.15) is 4.31 Å². The van der Waals surface area contributed by atoms with Gasteiger partial charge in [-0.05, 0) is 71.9 Å². The highest BCUT2D eigenvalue weighted by Gasteiger charge is 2.41. The van der Waals surface area contributed by atoms with Crippen LogP contribution in [0.3, 0.4) is 0 Å². The van der Waals surface area contributed by atoms with E-state index < -0.39 is 39.7 Å². The van der Waals surface area contributed by atoms with Gasteiger partial charge in [-0.25, -0.2) is 22.0 Å². The average molecular weight is 613 g/mol. The number of aryl methyl sites for hydroxylation is 2. The molecule has 2 fully saturated rings. The number of amides is 1. The predicted octanol–water partition coefficient (Wildman–Crippen LogP) is 5.03. The second-order valence-corrected chi connectivity index (χ2v) is 13.8. The molecule has 1 N–H and O–H groups in total. The Bertz CT molecular complexity index is 1400. The summed E-state index contributed by atoms with van der Waals surface area (Å²) in [7, 11) is -4.18. The highest BCUT2D eigenvalue weighted by molar-refractivity contribution is 7.89. The number of nitrogens with zero attached hydrogens (tertiary/aromatic N) is 4. The standard InChI is InChI=1S/C28H38F2N4O7S/c1-18-9-10-22(42(38,39)34-16-5-7-21(34)25(35)36)20(17-18)24-32-31-23(40-24)8-6-15-33(26(37)41-27(2,3)4)19-11-13-28(29,30)14-12-19/h9-10,17,19,21H,5-8,11-16H2,1-4H3,(H,35,36)/t21-/m0/s1. The maximum absolute atomic E-state index is 13.8. The first-order chi connectivity index (χ1) is 19.6. The highest BCUT2D eigenvalue weighted by atomic mass is 32.2. The molecule has 1 amide bonds. The maximum Gasteiger partial charge on any atom is 0.410 e. The first-order valence-corrected chi connectivity index (χ1v) is 15.6. The van der Waals surface area contributed by atoms with Crippen molar-refractivity contribution in [2.24, 2.45) is 0 Å². The van der Waals surface area contributed by atoms with E-state index in [9.17, 15) is 31.9 Å². The molecule has 2 aromatic rings. The minimum Gasteiger partial charge on any atom is -0.480 e. The Morgan fingerprint density at radius 1 is 1.19 bits per heavy atom. The van der Waals surface area contributed by atoms with Gasteiger partial charge in [-0.3, -0.25) is 4.79 Å². The second kappa shape index (κ2) is 12.2. The van der Waals surface area contributed by atoms with Crippen molar-refractivity contribution in [2.75, 3.05) is 13.1 Å². The normalized spacial score (nSPS) is 20.0. The molecule has 42 heavy (non-hydrogen) atoms. The van der Waals surface area contributed by atoms with Crippen LogP contribution in [-0.2, 0) is 26.0 Å². The lowest BCUT2D eigenvalue weighted by Crippen LogP contribution is -2.46. The van der Waals surface area contributed by atoms with Crippen LogP contribution in [0.15, 0.2) is 27.5 Å². The summed E-state index contributed by atoms with van der Waals surface area (Å²) in [6.07, 6.45) is 0.461. The van der Waals surface area contributed by atoms with E-state index in [1.165, 1.54) is 11.0 Å². The minimum absolute atomic E-state index is 0.0307. The summed E-state index contributed by atoms with van der Waals surface area (Å²) in [5.41, 5.74) is 0.162. The number of hydrogen-bond acceptors (Lipinski definition) is 8. The minimum atomic E-state index is -4.18. The van der Waals surface area contributed by atoms with Crippen LogP contribution >= 0.6 is 0 Å². The van der Waals surface area contributed by atoms with Crippen LogP contribution in [0.5, 0.6) is 0 Å². The number of carbonyl (C=O) groups is 2. The molecule has 1 aromatic heterocycles. The highest BCUT2D eigenvalue weighted by Crippen LogP contribution is 2.36. The zero-order valence-corrected chi connectivity index (χ0v) is 25.1. The molecule has 1 saturated heterocycles. The van der Waals surface area contributed by atoms with Crippen molar-refractivity contribution in [3.05, 3.63) is 29.7 Å². The number of carboxylic acids is 1. The zero-order valence-electron chi connectivity index (χ0n) is 24.3. The number of benzene rings is 1. The number of hydrogen-bond donors (Lipinski definition) is 1. The fourth-order valence-electron chi connectivity index (χ4n) is 5.38. The molecule has 1 atom stereocenters. The molecule has 1 saturated carbocycles. The van der Waals surface area contributed by atoms with E-state index in [0.717, 1.165) is 9.87 Å². The van der Waals surface area contributed by atoms with Gasteiger partial charge in [0.25, 0.3) is 0 Å². The Kier molecular flexibility index (Phi) is 9.26. The van der Waals surface area contributed by atoms with Crippen molar-refractivity contribution in [3.63, 3.8) is 0 Å². The predicted molar refractivity (Wildman–Crippen MR) is 147 cm³/mol. The second-order valence-electron chi connectivity index (χ2n) is 12.0. The van der Waals surface area contributed by atoms with E-state index >= 15 is 0 Å². The van der Waals surface area contributed by atoms with Gasteiger partial charge in [0.05, 0.1) is 10.5 Å². The molecule has 232 valence electrons. The van der Waals surface area contributed by atoms with Crippen LogP contribution in [0, 0.1) is 6.92 Å². The van der Waals surface area contributed by atoms with E-state index in [0.29, 0.717) is 12.8 Å². The van der Waals surface area contributed by atoms with Gasteiger partial charge in [0.1, 0.15) is 11.6 Å². The molecule has 4 rings (SSSR count). The third-order valence-electron chi connectivity index (χ3n) is 7.45. The topological polar surface area (TPSA) is 143 Å². The van der Waals surface area contributed by atoms with Crippen LogP contribution in [0.1, 0.15) is 77.2 Å². The summed E-state index contributed by atoms with van der Waals surface area (Å²) < 4.78 is 67.0. The number of halogens is 2. The number of sulfonamides is 1. The lowest BCUT2D eigenvalue weighted by Gasteiger charge is -2.37. The van der Waals surface area contributed by atoms with Crippen molar-refractivity contribution in [1.29, 1.82) is 0 Å². The largest absolute Gasteiger partial charge is 0.480 e. The Morgan fingerprint density at radius 2 is 1.88 bits per heavy atom. The lowest BCUT2D eigenvalue weighted by atomic mass is 9.91. The lowest BCUT2D eigenvalue weighted by molar-refractivity contribution is -0.140. The van der Waals surface area contributed by atoms with E-state index in [2.05, 4.69) is 10.2 Å². The van der Waals surface area contributed by atoms with Crippen LogP contribution in [0.4, 0.5) is 13.6 Å². The molecule has 1 aliphatic heterocycles. The molecule has 1 aliphatic carbocycles. The summed E-state index contributed by atoms with van der Waals surface area (Å²) in [5.74, 6) is -3.76. The van der Waals surface area contributed by atoms with E-state index in [4.69, 9.17) is 9.15 Å². The Hall–Kier alpha value is -3.13. The number of aromatic nitrogens is 2. The fraction of sp³-hybridized carbons (Fsp3) is 0.643. The number of ether oxygens (including phenoxy) is 1. The number of alkyl halides is 2. The van der Waals surface area contributed by atoms with E-state index in [1.54, 1.807) is 39.8 Å². The summed E-state index contributed by atoms with van der Waals surface area (Å²) in [6, 6.07) is 3.10. The van der Waals surface area contributed by atoms with Gasteiger partial charge in [0.2, 0.25) is 27.7 Å². The van der Waals surface area contributed by atoms with Crippen molar-refractivity contribution in [3.8, 4) is 11.5 Å². The Balaban J connectivity index is 1.50. The average Bonchev–Trinajstić information content (AvgIpc) is 3.56. The van der Waals surface area contributed by atoms with Gasteiger partial charge in [0.15, 0.2) is 0 Å². The van der Waals surface area contributed by atoms with Crippen LogP contribution in [0.25, 0.3) is 11.5 Å². The first-order valence-electron chi connectivity index (χ1n) is 14.1. The molecule has 14 heteroatoms. The van der Waals surface area contributed by atoms with Gasteiger partial charge in [-0.15, -0.1) is 10.2 Å². The smallest absolute Gasteiger partial charge is 0.410 e. The molecule has 1 aromatic carbocycles. The number of rotatable bonds is 9. The van der Waals surface area contributed by atoms with Crippen molar-refractivity contribution in [2.45, 2.75) is 108 Å². The van der Waals surface area contributed by atoms with Crippen LogP contribution in [-0.4, -0.2) is 81.7 Å². The molecule has 11 nitrogen and oxygen atoms in total. The van der Waals surface area contributed by atoms with Crippen molar-refractivity contribution < 1.29 is 41.0 Å². The van der Waals surface area contributed by atoms with Crippen molar-refractivity contribution in [1.82, 2.24) is 19.4 Å². The SMILES string of the molecule is Cc1ccc(S(=O)(=O)N2CCC[C@H]2C(=O)O)c(-c2nnc(CCCN(C(=O)OC(C)(C)C)C3CCC(F)(F)CC3)o2)c1. The third kappa shape index (κ3) is 7.44. The van der Waals surface area contributed by atoms with Gasteiger partial charge in [0, 0.05) is 38.4 Å². The Morgan fingerprint density at radius 3 is 2.52 bits per heavy atom. The van der Waals surface area contributed by atoms with Crippen molar-refractivity contribution >= 4 is 22.1 Å². The number of carbonyl (C=O) groups excluding carboxylic acids is 1. The molecular formula is C28H38F2N4O7S. The molecule has 0 bridgehead atoms. The van der Waals surface area contributed by atoms with Gasteiger partial charge >= 0.3 is 12.1 Å². The van der Waals surface area contributed by atoms with E-state index in [1.807, 2.05) is 0 Å². The Labute approximate surface area is 244 Å². The number of carboxylic acid groups (broad SMARTS) is 1. The molecule has 0 unspecified atom stereocenters. The van der Waals surface area contributed by atoms with Gasteiger partial charge < -0.3 is 19.2 Å².